The molecule has 0 saturated carbocycles. The summed E-state index contributed by atoms with van der Waals surface area (Å²) in [6.07, 6.45) is 2.28. The first-order chi connectivity index (χ1) is 10.6. The third kappa shape index (κ3) is 3.52. The third-order valence-corrected chi connectivity index (χ3v) is 4.88. The van der Waals surface area contributed by atoms with Crippen LogP contribution < -0.4 is 0 Å². The first-order valence-corrected chi connectivity index (χ1v) is 8.69. The van der Waals surface area contributed by atoms with Crippen molar-refractivity contribution in [3.8, 4) is 0 Å². The molecule has 0 bridgehead atoms. The summed E-state index contributed by atoms with van der Waals surface area (Å²) in [5.41, 5.74) is 1.12. The number of hydrogen-bond acceptors (Lipinski definition) is 2. The molecule has 3 heteroatoms. The molecule has 1 aromatic carbocycles. The highest BCUT2D eigenvalue weighted by Gasteiger charge is 2.36. The average molecular weight is 302 g/mol. The van der Waals surface area contributed by atoms with Crippen molar-refractivity contribution >= 4 is 5.91 Å². The fourth-order valence-corrected chi connectivity index (χ4v) is 3.65. The Labute approximate surface area is 135 Å². The number of likely N-dealkylation sites (tertiary alicyclic amines) is 1. The lowest BCUT2D eigenvalue weighted by molar-refractivity contribution is -0.138. The zero-order valence-corrected chi connectivity index (χ0v) is 14.5. The highest BCUT2D eigenvalue weighted by molar-refractivity contribution is 5.84. The van der Waals surface area contributed by atoms with Gasteiger partial charge in [-0.2, -0.15) is 0 Å². The van der Waals surface area contributed by atoms with Crippen LogP contribution in [-0.2, 0) is 4.79 Å². The summed E-state index contributed by atoms with van der Waals surface area (Å²) in [6.45, 7) is 11.4. The Morgan fingerprint density at radius 3 is 2.41 bits per heavy atom. The summed E-state index contributed by atoms with van der Waals surface area (Å²) < 4.78 is 0. The van der Waals surface area contributed by atoms with E-state index in [1.807, 2.05) is 18.2 Å². The second kappa shape index (κ2) is 7.77. The van der Waals surface area contributed by atoms with Crippen LogP contribution in [0.25, 0.3) is 0 Å². The lowest BCUT2D eigenvalue weighted by atomic mass is 9.99. The van der Waals surface area contributed by atoms with Crippen molar-refractivity contribution < 1.29 is 4.79 Å². The second-order valence-electron chi connectivity index (χ2n) is 6.52. The zero-order valence-electron chi connectivity index (χ0n) is 14.5. The normalized spacial score (nSPS) is 19.9. The molecule has 0 radical (unpaired) electrons. The van der Waals surface area contributed by atoms with Crippen LogP contribution in [-0.4, -0.2) is 41.4 Å². The Bertz CT molecular complexity index is 468. The van der Waals surface area contributed by atoms with E-state index in [-0.39, 0.29) is 11.9 Å². The van der Waals surface area contributed by atoms with Gasteiger partial charge in [0.25, 0.3) is 0 Å². The van der Waals surface area contributed by atoms with Crippen LogP contribution in [0.3, 0.4) is 0 Å². The van der Waals surface area contributed by atoms with Gasteiger partial charge in [0.2, 0.25) is 5.91 Å². The van der Waals surface area contributed by atoms with E-state index in [9.17, 15) is 4.79 Å². The summed E-state index contributed by atoms with van der Waals surface area (Å²) in [5.74, 6) is 0.811. The van der Waals surface area contributed by atoms with Crippen LogP contribution in [0.5, 0.6) is 0 Å². The zero-order chi connectivity index (χ0) is 16.1. The Hall–Kier alpha value is -1.35. The molecule has 1 unspecified atom stereocenters. The molecule has 1 fully saturated rings. The first kappa shape index (κ1) is 17.0. The maximum absolute atomic E-state index is 13.3. The quantitative estimate of drug-likeness (QED) is 0.799. The van der Waals surface area contributed by atoms with Crippen molar-refractivity contribution in [3.05, 3.63) is 35.9 Å². The molecular weight excluding hydrogens is 272 g/mol. The minimum Gasteiger partial charge on any atom is -0.338 e. The number of hydrogen-bond donors (Lipinski definition) is 0. The van der Waals surface area contributed by atoms with Crippen molar-refractivity contribution in [2.24, 2.45) is 5.92 Å². The molecule has 1 amide bonds. The standard InChI is InChI=1S/C19H30N2O/c1-5-20(6-2)18(16-11-8-7-9-12-16)19(22)21-14-10-13-17(21)15(3)4/h7-9,11-12,15,17-18H,5-6,10,13-14H2,1-4H3/t17?,18-/m0/s1. The first-order valence-electron chi connectivity index (χ1n) is 8.69. The number of amides is 1. The number of likely N-dealkylation sites (N-methyl/N-ethyl adjacent to an activating group) is 1. The SMILES string of the molecule is CCN(CC)[C@H](C(=O)N1CCCC1C(C)C)c1ccccc1. The molecule has 1 aliphatic heterocycles. The van der Waals surface area contributed by atoms with Crippen LogP contribution in [0.2, 0.25) is 0 Å². The summed E-state index contributed by atoms with van der Waals surface area (Å²) in [5, 5.41) is 0. The van der Waals surface area contributed by atoms with Gasteiger partial charge in [0.15, 0.2) is 0 Å². The Balaban J connectivity index is 2.30. The average Bonchev–Trinajstić information content (AvgIpc) is 3.02. The lowest BCUT2D eigenvalue weighted by Crippen LogP contribution is -2.46. The van der Waals surface area contributed by atoms with Crippen LogP contribution in [0, 0.1) is 5.92 Å². The predicted molar refractivity (Wildman–Crippen MR) is 91.7 cm³/mol. The molecule has 2 atom stereocenters. The predicted octanol–water partition coefficient (Wildman–Crippen LogP) is 3.72. The molecule has 2 rings (SSSR count). The number of carbonyl (C=O) groups excluding carboxylic acids is 1. The fraction of sp³-hybridized carbons (Fsp3) is 0.632. The summed E-state index contributed by atoms with van der Waals surface area (Å²) in [4.78, 5) is 17.7. The van der Waals surface area contributed by atoms with E-state index in [0.29, 0.717) is 12.0 Å². The van der Waals surface area contributed by atoms with Gasteiger partial charge in [-0.3, -0.25) is 9.69 Å². The smallest absolute Gasteiger partial charge is 0.244 e. The van der Waals surface area contributed by atoms with Gasteiger partial charge in [-0.1, -0.05) is 58.0 Å². The number of nitrogens with zero attached hydrogens (tertiary/aromatic N) is 2. The maximum atomic E-state index is 13.3. The monoisotopic (exact) mass is 302 g/mol. The summed E-state index contributed by atoms with van der Waals surface area (Å²) >= 11 is 0. The van der Waals surface area contributed by atoms with Crippen molar-refractivity contribution in [2.45, 2.75) is 52.6 Å². The van der Waals surface area contributed by atoms with E-state index >= 15 is 0 Å². The van der Waals surface area contributed by atoms with Gasteiger partial charge >= 0.3 is 0 Å². The van der Waals surface area contributed by atoms with Gasteiger partial charge in [0.1, 0.15) is 6.04 Å². The molecule has 122 valence electrons. The minimum atomic E-state index is -0.143. The van der Waals surface area contributed by atoms with Crippen molar-refractivity contribution in [3.63, 3.8) is 0 Å². The molecule has 0 N–H and O–H groups in total. The molecule has 1 heterocycles. The Morgan fingerprint density at radius 2 is 1.86 bits per heavy atom. The van der Waals surface area contributed by atoms with Crippen LogP contribution in [0.15, 0.2) is 30.3 Å². The number of benzene rings is 1. The van der Waals surface area contributed by atoms with Gasteiger partial charge in [-0.15, -0.1) is 0 Å². The molecule has 0 spiro atoms. The molecule has 22 heavy (non-hydrogen) atoms. The van der Waals surface area contributed by atoms with E-state index in [1.165, 1.54) is 0 Å². The van der Waals surface area contributed by atoms with Crippen molar-refractivity contribution in [1.82, 2.24) is 9.80 Å². The van der Waals surface area contributed by atoms with E-state index in [0.717, 1.165) is 38.0 Å². The van der Waals surface area contributed by atoms with Crippen molar-refractivity contribution in [2.75, 3.05) is 19.6 Å². The minimum absolute atomic E-state index is 0.143. The van der Waals surface area contributed by atoms with E-state index in [1.54, 1.807) is 0 Å². The molecule has 1 aliphatic rings. The van der Waals surface area contributed by atoms with Gasteiger partial charge in [0, 0.05) is 12.6 Å². The molecule has 3 nitrogen and oxygen atoms in total. The highest BCUT2D eigenvalue weighted by Crippen LogP contribution is 2.30. The summed E-state index contributed by atoms with van der Waals surface area (Å²) in [7, 11) is 0. The maximum Gasteiger partial charge on any atom is 0.244 e. The molecule has 1 saturated heterocycles. The van der Waals surface area contributed by atoms with Gasteiger partial charge < -0.3 is 4.90 Å². The van der Waals surface area contributed by atoms with E-state index < -0.39 is 0 Å². The Morgan fingerprint density at radius 1 is 1.23 bits per heavy atom. The topological polar surface area (TPSA) is 23.6 Å². The van der Waals surface area contributed by atoms with Gasteiger partial charge in [0.05, 0.1) is 0 Å². The third-order valence-electron chi connectivity index (χ3n) is 4.88. The molecule has 1 aromatic rings. The fourth-order valence-electron chi connectivity index (χ4n) is 3.65. The van der Waals surface area contributed by atoms with E-state index in [2.05, 4.69) is 49.6 Å². The number of carbonyl (C=O) groups is 1. The van der Waals surface area contributed by atoms with Crippen LogP contribution in [0.1, 0.15) is 52.1 Å². The molecular formula is C19H30N2O. The highest BCUT2D eigenvalue weighted by atomic mass is 16.2. The molecule has 0 aliphatic carbocycles. The largest absolute Gasteiger partial charge is 0.338 e. The molecule has 0 aromatic heterocycles. The lowest BCUT2D eigenvalue weighted by Gasteiger charge is -2.36. The van der Waals surface area contributed by atoms with Crippen LogP contribution >= 0.6 is 0 Å². The second-order valence-corrected chi connectivity index (χ2v) is 6.52. The van der Waals surface area contributed by atoms with Gasteiger partial charge in [-0.25, -0.2) is 0 Å². The van der Waals surface area contributed by atoms with E-state index in [4.69, 9.17) is 0 Å². The number of rotatable bonds is 6. The summed E-state index contributed by atoms with van der Waals surface area (Å²) in [6, 6.07) is 10.5. The van der Waals surface area contributed by atoms with Crippen LogP contribution in [0.4, 0.5) is 0 Å². The van der Waals surface area contributed by atoms with Crippen molar-refractivity contribution in [1.29, 1.82) is 0 Å². The van der Waals surface area contributed by atoms with Gasteiger partial charge in [-0.05, 0) is 37.4 Å². The Kier molecular flexibility index (Phi) is 6.01.